The molecule has 0 radical (unpaired) electrons. The fourth-order valence-corrected chi connectivity index (χ4v) is 4.59. The van der Waals surface area contributed by atoms with Gasteiger partial charge in [0.25, 0.3) is 0 Å². The van der Waals surface area contributed by atoms with Gasteiger partial charge >= 0.3 is 0 Å². The molecule has 0 heteroatoms. The average Bonchev–Trinajstić information content (AvgIpc) is 2.78. The minimum Gasteiger partial charge on any atom is -0.0610 e. The van der Waals surface area contributed by atoms with Crippen LogP contribution in [-0.2, 0) is 0 Å². The minimum absolute atomic E-state index is 1.26. The second-order valence-electron chi connectivity index (χ2n) is 7.92. The molecule has 0 bridgehead atoms. The number of aryl methyl sites for hydroxylation is 1. The second-order valence-corrected chi connectivity index (χ2v) is 7.92. The number of hydrogen-bond acceptors (Lipinski definition) is 0. The second kappa shape index (κ2) is 6.18. The third-order valence-corrected chi connectivity index (χ3v) is 6.09. The van der Waals surface area contributed by atoms with Crippen LogP contribution in [0.3, 0.4) is 0 Å². The molecule has 0 fully saturated rings. The molecule has 0 spiro atoms. The van der Waals surface area contributed by atoms with Crippen LogP contribution in [0.1, 0.15) is 5.56 Å². The van der Waals surface area contributed by atoms with E-state index in [1.54, 1.807) is 0 Å². The molecule has 0 atom stereocenters. The molecule has 0 aliphatic carbocycles. The van der Waals surface area contributed by atoms with E-state index in [9.17, 15) is 0 Å². The standard InChI is InChI=1S/C29H20/c1-19-8-10-20(11-9-19)21-12-14-22(15-13-21)27-18-25-6-2-4-23-16-17-24-5-3-7-26(27)29(24)28(23)25/h2-18H,1H3. The van der Waals surface area contributed by atoms with E-state index in [1.807, 2.05) is 0 Å². The molecule has 0 saturated heterocycles. The summed E-state index contributed by atoms with van der Waals surface area (Å²) in [7, 11) is 0. The van der Waals surface area contributed by atoms with E-state index >= 15 is 0 Å². The highest BCUT2D eigenvalue weighted by Crippen LogP contribution is 2.40. The Labute approximate surface area is 170 Å². The van der Waals surface area contributed by atoms with Crippen molar-refractivity contribution in [3.63, 3.8) is 0 Å². The molecule has 0 unspecified atom stereocenters. The molecule has 0 aliphatic rings. The summed E-state index contributed by atoms with van der Waals surface area (Å²) in [4.78, 5) is 0. The van der Waals surface area contributed by atoms with E-state index in [-0.39, 0.29) is 0 Å². The van der Waals surface area contributed by atoms with Crippen molar-refractivity contribution < 1.29 is 0 Å². The van der Waals surface area contributed by atoms with E-state index in [1.165, 1.54) is 60.1 Å². The fraction of sp³-hybridized carbons (Fsp3) is 0.0345. The molecule has 136 valence electrons. The van der Waals surface area contributed by atoms with Gasteiger partial charge in [0.15, 0.2) is 0 Å². The first-order valence-corrected chi connectivity index (χ1v) is 10.1. The van der Waals surface area contributed by atoms with E-state index in [2.05, 4.69) is 110 Å². The van der Waals surface area contributed by atoms with Crippen molar-refractivity contribution in [3.05, 3.63) is 109 Å². The first-order chi connectivity index (χ1) is 14.3. The Kier molecular flexibility index (Phi) is 3.48. The smallest absolute Gasteiger partial charge is 0.00206 e. The van der Waals surface area contributed by atoms with Crippen molar-refractivity contribution in [1.82, 2.24) is 0 Å². The Balaban J connectivity index is 1.58. The van der Waals surface area contributed by atoms with Gasteiger partial charge in [-0.25, -0.2) is 0 Å². The quantitative estimate of drug-likeness (QED) is 0.270. The van der Waals surface area contributed by atoms with Crippen LogP contribution in [0.2, 0.25) is 0 Å². The summed E-state index contributed by atoms with van der Waals surface area (Å²) in [6.45, 7) is 2.13. The van der Waals surface area contributed by atoms with Gasteiger partial charge in [0.2, 0.25) is 0 Å². The van der Waals surface area contributed by atoms with Crippen LogP contribution < -0.4 is 0 Å². The molecule has 0 nitrogen and oxygen atoms in total. The minimum atomic E-state index is 1.26. The van der Waals surface area contributed by atoms with Crippen molar-refractivity contribution in [3.8, 4) is 22.3 Å². The van der Waals surface area contributed by atoms with Gasteiger partial charge in [-0.1, -0.05) is 103 Å². The SMILES string of the molecule is Cc1ccc(-c2ccc(-c3cc4cccc5ccc6cccc3c6c54)cc2)cc1. The third-order valence-electron chi connectivity index (χ3n) is 6.09. The first kappa shape index (κ1) is 16.3. The highest BCUT2D eigenvalue weighted by atomic mass is 14.2. The van der Waals surface area contributed by atoms with Crippen LogP contribution >= 0.6 is 0 Å². The predicted octanol–water partition coefficient (Wildman–Crippen LogP) is 8.23. The summed E-state index contributed by atoms with van der Waals surface area (Å²) in [5.74, 6) is 0. The normalized spacial score (nSPS) is 11.6. The Hall–Kier alpha value is -3.64. The van der Waals surface area contributed by atoms with Crippen molar-refractivity contribution in [1.29, 1.82) is 0 Å². The van der Waals surface area contributed by atoms with E-state index < -0.39 is 0 Å². The highest BCUT2D eigenvalue weighted by molar-refractivity contribution is 6.26. The zero-order valence-electron chi connectivity index (χ0n) is 16.3. The van der Waals surface area contributed by atoms with Crippen molar-refractivity contribution in [2.45, 2.75) is 6.92 Å². The molecule has 29 heavy (non-hydrogen) atoms. The van der Waals surface area contributed by atoms with Gasteiger partial charge in [-0.05, 0) is 67.6 Å². The lowest BCUT2D eigenvalue weighted by atomic mass is 9.88. The molecule has 0 N–H and O–H groups in total. The summed E-state index contributed by atoms with van der Waals surface area (Å²) in [6.07, 6.45) is 0. The van der Waals surface area contributed by atoms with Gasteiger partial charge in [-0.3, -0.25) is 0 Å². The summed E-state index contributed by atoms with van der Waals surface area (Å²) >= 11 is 0. The lowest BCUT2D eigenvalue weighted by molar-refractivity contribution is 1.47. The molecule has 0 saturated carbocycles. The summed E-state index contributed by atoms with van der Waals surface area (Å²) in [6, 6.07) is 37.8. The summed E-state index contributed by atoms with van der Waals surface area (Å²) in [5.41, 5.74) is 6.37. The van der Waals surface area contributed by atoms with Crippen LogP contribution in [0.4, 0.5) is 0 Å². The van der Waals surface area contributed by atoms with Crippen LogP contribution in [0, 0.1) is 6.92 Å². The third kappa shape index (κ3) is 2.53. The van der Waals surface area contributed by atoms with Crippen LogP contribution in [0.15, 0.2) is 103 Å². The van der Waals surface area contributed by atoms with Gasteiger partial charge in [0.1, 0.15) is 0 Å². The van der Waals surface area contributed by atoms with Gasteiger partial charge in [-0.2, -0.15) is 0 Å². The van der Waals surface area contributed by atoms with Crippen LogP contribution in [-0.4, -0.2) is 0 Å². The van der Waals surface area contributed by atoms with Gasteiger partial charge in [0.05, 0.1) is 0 Å². The maximum absolute atomic E-state index is 2.35. The van der Waals surface area contributed by atoms with Crippen LogP contribution in [0.25, 0.3) is 54.6 Å². The molecule has 6 aromatic carbocycles. The lowest BCUT2D eigenvalue weighted by Gasteiger charge is -2.15. The molecule has 0 aliphatic heterocycles. The van der Waals surface area contributed by atoms with Crippen molar-refractivity contribution in [2.24, 2.45) is 0 Å². The van der Waals surface area contributed by atoms with E-state index in [0.717, 1.165) is 0 Å². The lowest BCUT2D eigenvalue weighted by Crippen LogP contribution is -1.88. The maximum atomic E-state index is 2.35. The Morgan fingerprint density at radius 1 is 0.448 bits per heavy atom. The van der Waals surface area contributed by atoms with E-state index in [4.69, 9.17) is 0 Å². The molecule has 0 heterocycles. The van der Waals surface area contributed by atoms with Gasteiger partial charge in [0, 0.05) is 0 Å². The maximum Gasteiger partial charge on any atom is -0.00206 e. The van der Waals surface area contributed by atoms with E-state index in [0.29, 0.717) is 0 Å². The molecule has 6 aromatic rings. The summed E-state index contributed by atoms with van der Waals surface area (Å²) in [5, 5.41) is 8.01. The Bertz CT molecular complexity index is 1470. The van der Waals surface area contributed by atoms with Gasteiger partial charge in [-0.15, -0.1) is 0 Å². The molecule has 0 amide bonds. The Morgan fingerprint density at radius 2 is 1.00 bits per heavy atom. The molecular weight excluding hydrogens is 348 g/mol. The monoisotopic (exact) mass is 368 g/mol. The van der Waals surface area contributed by atoms with Gasteiger partial charge < -0.3 is 0 Å². The summed E-state index contributed by atoms with van der Waals surface area (Å²) < 4.78 is 0. The zero-order chi connectivity index (χ0) is 19.4. The van der Waals surface area contributed by atoms with Crippen molar-refractivity contribution >= 4 is 32.3 Å². The Morgan fingerprint density at radius 3 is 1.72 bits per heavy atom. The number of benzene rings is 6. The average molecular weight is 368 g/mol. The van der Waals surface area contributed by atoms with Crippen molar-refractivity contribution in [2.75, 3.05) is 0 Å². The first-order valence-electron chi connectivity index (χ1n) is 10.1. The number of hydrogen-bond donors (Lipinski definition) is 0. The highest BCUT2D eigenvalue weighted by Gasteiger charge is 2.12. The number of rotatable bonds is 2. The predicted molar refractivity (Wildman–Crippen MR) is 126 cm³/mol. The topological polar surface area (TPSA) is 0 Å². The van der Waals surface area contributed by atoms with Crippen LogP contribution in [0.5, 0.6) is 0 Å². The zero-order valence-corrected chi connectivity index (χ0v) is 16.3. The fourth-order valence-electron chi connectivity index (χ4n) is 4.59. The largest absolute Gasteiger partial charge is 0.0610 e. The molecular formula is C29H20. The molecule has 0 aromatic heterocycles. The molecule has 6 rings (SSSR count).